The molecule has 3 nitrogen and oxygen atoms in total. The second-order valence-electron chi connectivity index (χ2n) is 4.36. The number of hydrogen-bond donors (Lipinski definition) is 1. The summed E-state index contributed by atoms with van der Waals surface area (Å²) in [5.41, 5.74) is 2.25. The van der Waals surface area contributed by atoms with E-state index in [0.29, 0.717) is 18.9 Å². The number of aliphatic hydroxyl groups is 1. The van der Waals surface area contributed by atoms with Crippen LogP contribution in [-0.2, 0) is 4.74 Å². The Morgan fingerprint density at radius 1 is 1.41 bits per heavy atom. The molecular weight excluding hydrogens is 214 g/mol. The summed E-state index contributed by atoms with van der Waals surface area (Å²) in [7, 11) is 0. The number of nitriles is 1. The van der Waals surface area contributed by atoms with Crippen LogP contribution in [0.15, 0.2) is 24.3 Å². The summed E-state index contributed by atoms with van der Waals surface area (Å²) < 4.78 is 5.52. The Hall–Kier alpha value is -1.37. The van der Waals surface area contributed by atoms with Crippen LogP contribution in [0.5, 0.6) is 0 Å². The van der Waals surface area contributed by atoms with E-state index in [2.05, 4.69) is 12.1 Å². The van der Waals surface area contributed by atoms with Gasteiger partial charge in [-0.2, -0.15) is 5.26 Å². The van der Waals surface area contributed by atoms with Crippen LogP contribution in [0.1, 0.15) is 42.4 Å². The Labute approximate surface area is 102 Å². The second kappa shape index (κ2) is 5.81. The van der Waals surface area contributed by atoms with Crippen molar-refractivity contribution in [3.05, 3.63) is 35.4 Å². The fraction of sp³-hybridized carbons (Fsp3) is 0.500. The highest BCUT2D eigenvalue weighted by atomic mass is 16.5. The Morgan fingerprint density at radius 2 is 2.18 bits per heavy atom. The number of rotatable bonds is 6. The van der Waals surface area contributed by atoms with Gasteiger partial charge in [0.1, 0.15) is 0 Å². The molecule has 1 aliphatic rings. The van der Waals surface area contributed by atoms with Crippen molar-refractivity contribution < 1.29 is 9.84 Å². The quantitative estimate of drug-likeness (QED) is 0.765. The highest BCUT2D eigenvalue weighted by Gasteiger charge is 2.28. The maximum atomic E-state index is 9.17. The molecule has 1 aromatic rings. The summed E-state index contributed by atoms with van der Waals surface area (Å²) >= 11 is 0. The van der Waals surface area contributed by atoms with Crippen LogP contribution in [0, 0.1) is 11.3 Å². The number of ether oxygens (including phenoxy) is 1. The second-order valence-corrected chi connectivity index (χ2v) is 4.36. The number of hydrogen-bond acceptors (Lipinski definition) is 3. The van der Waals surface area contributed by atoms with Crippen LogP contribution < -0.4 is 0 Å². The molecule has 1 unspecified atom stereocenters. The third-order valence-corrected chi connectivity index (χ3v) is 3.00. The number of benzene rings is 1. The zero-order chi connectivity index (χ0) is 12.1. The van der Waals surface area contributed by atoms with Crippen LogP contribution in [-0.4, -0.2) is 18.3 Å². The summed E-state index contributed by atoms with van der Waals surface area (Å²) in [5, 5.41) is 17.9. The Bertz CT molecular complexity index is 407. The van der Waals surface area contributed by atoms with E-state index in [-0.39, 0.29) is 6.61 Å². The molecular formula is C14H17NO2. The Balaban J connectivity index is 2.10. The summed E-state index contributed by atoms with van der Waals surface area (Å²) in [5.74, 6) is 0.614. The lowest BCUT2D eigenvalue weighted by molar-refractivity contribution is 0.0769. The first kappa shape index (κ1) is 12.1. The van der Waals surface area contributed by atoms with Gasteiger partial charge in [-0.3, -0.25) is 0 Å². The lowest BCUT2D eigenvalue weighted by Crippen LogP contribution is -2.07. The SMILES string of the molecule is N#CC(OCCCO)c1ccccc1C1CC1. The highest BCUT2D eigenvalue weighted by molar-refractivity contribution is 5.37. The maximum absolute atomic E-state index is 9.17. The van der Waals surface area contributed by atoms with Gasteiger partial charge in [-0.05, 0) is 36.3 Å². The van der Waals surface area contributed by atoms with E-state index in [9.17, 15) is 0 Å². The van der Waals surface area contributed by atoms with Crippen molar-refractivity contribution in [1.29, 1.82) is 5.26 Å². The fourth-order valence-corrected chi connectivity index (χ4v) is 1.98. The molecule has 1 saturated carbocycles. The molecule has 0 aliphatic heterocycles. The molecule has 0 bridgehead atoms. The first-order valence-electron chi connectivity index (χ1n) is 6.07. The first-order valence-corrected chi connectivity index (χ1v) is 6.07. The van der Waals surface area contributed by atoms with E-state index in [0.717, 1.165) is 5.56 Å². The van der Waals surface area contributed by atoms with E-state index in [4.69, 9.17) is 15.1 Å². The number of aliphatic hydroxyl groups excluding tert-OH is 1. The van der Waals surface area contributed by atoms with Gasteiger partial charge in [-0.15, -0.1) is 0 Å². The third kappa shape index (κ3) is 3.06. The predicted molar refractivity (Wildman–Crippen MR) is 64.4 cm³/mol. The molecule has 90 valence electrons. The van der Waals surface area contributed by atoms with Crippen molar-refractivity contribution in [3.8, 4) is 6.07 Å². The molecule has 2 rings (SSSR count). The highest BCUT2D eigenvalue weighted by Crippen LogP contribution is 2.43. The molecule has 0 radical (unpaired) electrons. The van der Waals surface area contributed by atoms with Crippen LogP contribution in [0.4, 0.5) is 0 Å². The molecule has 1 atom stereocenters. The molecule has 0 spiro atoms. The van der Waals surface area contributed by atoms with Gasteiger partial charge in [0, 0.05) is 6.61 Å². The van der Waals surface area contributed by atoms with Crippen LogP contribution in [0.25, 0.3) is 0 Å². The van der Waals surface area contributed by atoms with Crippen LogP contribution >= 0.6 is 0 Å². The molecule has 1 aromatic carbocycles. The lowest BCUT2D eigenvalue weighted by atomic mass is 9.99. The average molecular weight is 231 g/mol. The topological polar surface area (TPSA) is 53.2 Å². The predicted octanol–water partition coefficient (Wildman–Crippen LogP) is 2.53. The summed E-state index contributed by atoms with van der Waals surface area (Å²) in [6, 6.07) is 10.2. The Morgan fingerprint density at radius 3 is 2.82 bits per heavy atom. The van der Waals surface area contributed by atoms with E-state index in [1.54, 1.807) is 0 Å². The number of nitrogens with zero attached hydrogens (tertiary/aromatic N) is 1. The lowest BCUT2D eigenvalue weighted by Gasteiger charge is -2.14. The van der Waals surface area contributed by atoms with Crippen molar-refractivity contribution in [2.45, 2.75) is 31.3 Å². The minimum Gasteiger partial charge on any atom is -0.396 e. The molecule has 1 N–H and O–H groups in total. The van der Waals surface area contributed by atoms with Gasteiger partial charge in [0.15, 0.2) is 6.10 Å². The summed E-state index contributed by atoms with van der Waals surface area (Å²) in [6.45, 7) is 0.524. The zero-order valence-electron chi connectivity index (χ0n) is 9.80. The molecule has 3 heteroatoms. The molecule has 0 amide bonds. The van der Waals surface area contributed by atoms with Gasteiger partial charge >= 0.3 is 0 Å². The molecule has 17 heavy (non-hydrogen) atoms. The minimum absolute atomic E-state index is 0.0996. The van der Waals surface area contributed by atoms with Crippen molar-refractivity contribution in [2.75, 3.05) is 13.2 Å². The third-order valence-electron chi connectivity index (χ3n) is 3.00. The summed E-state index contributed by atoms with van der Waals surface area (Å²) in [4.78, 5) is 0. The molecule has 1 fully saturated rings. The zero-order valence-corrected chi connectivity index (χ0v) is 9.80. The van der Waals surface area contributed by atoms with Gasteiger partial charge in [0.2, 0.25) is 0 Å². The normalized spacial score (nSPS) is 16.5. The van der Waals surface area contributed by atoms with E-state index in [1.807, 2.05) is 18.2 Å². The van der Waals surface area contributed by atoms with E-state index < -0.39 is 6.10 Å². The van der Waals surface area contributed by atoms with Gasteiger partial charge in [-0.25, -0.2) is 0 Å². The average Bonchev–Trinajstić information content (AvgIpc) is 3.19. The molecule has 0 heterocycles. The smallest absolute Gasteiger partial charge is 0.169 e. The van der Waals surface area contributed by atoms with Gasteiger partial charge in [0.05, 0.1) is 12.7 Å². The minimum atomic E-state index is -0.502. The fourth-order valence-electron chi connectivity index (χ4n) is 1.98. The van der Waals surface area contributed by atoms with E-state index >= 15 is 0 Å². The van der Waals surface area contributed by atoms with Gasteiger partial charge in [-0.1, -0.05) is 24.3 Å². The van der Waals surface area contributed by atoms with Gasteiger partial charge in [0.25, 0.3) is 0 Å². The van der Waals surface area contributed by atoms with Gasteiger partial charge < -0.3 is 9.84 Å². The first-order chi connectivity index (χ1) is 8.36. The van der Waals surface area contributed by atoms with Crippen molar-refractivity contribution in [2.24, 2.45) is 0 Å². The molecule has 1 aliphatic carbocycles. The van der Waals surface area contributed by atoms with Crippen LogP contribution in [0.2, 0.25) is 0 Å². The maximum Gasteiger partial charge on any atom is 0.169 e. The molecule has 0 saturated heterocycles. The van der Waals surface area contributed by atoms with Crippen molar-refractivity contribution >= 4 is 0 Å². The monoisotopic (exact) mass is 231 g/mol. The Kier molecular flexibility index (Phi) is 4.13. The molecule has 0 aromatic heterocycles. The van der Waals surface area contributed by atoms with Crippen molar-refractivity contribution in [3.63, 3.8) is 0 Å². The largest absolute Gasteiger partial charge is 0.396 e. The summed E-state index contributed by atoms with van der Waals surface area (Å²) in [6.07, 6.45) is 2.50. The van der Waals surface area contributed by atoms with E-state index in [1.165, 1.54) is 18.4 Å². The van der Waals surface area contributed by atoms with Crippen LogP contribution in [0.3, 0.4) is 0 Å². The standard InChI is InChI=1S/C14H17NO2/c15-10-14(17-9-3-8-16)13-5-2-1-4-12(13)11-6-7-11/h1-2,4-5,11,14,16H,3,6-9H2. The van der Waals surface area contributed by atoms with Crippen molar-refractivity contribution in [1.82, 2.24) is 0 Å².